The summed E-state index contributed by atoms with van der Waals surface area (Å²) in [5.74, 6) is 1.00. The number of ether oxygens (including phenoxy) is 2. The molecule has 19 heavy (non-hydrogen) atoms. The summed E-state index contributed by atoms with van der Waals surface area (Å²) in [6.45, 7) is 0.786. The van der Waals surface area contributed by atoms with Crippen molar-refractivity contribution in [3.8, 4) is 0 Å². The van der Waals surface area contributed by atoms with Gasteiger partial charge in [0.15, 0.2) is 0 Å². The molecule has 4 aliphatic heterocycles. The molecule has 3 fully saturated rings. The molecule has 1 aliphatic carbocycles. The van der Waals surface area contributed by atoms with Gasteiger partial charge in [-0.3, -0.25) is 0 Å². The van der Waals surface area contributed by atoms with Crippen LogP contribution in [0.15, 0.2) is 35.5 Å². The first-order chi connectivity index (χ1) is 9.31. The van der Waals surface area contributed by atoms with Crippen LogP contribution in [-0.2, 0) is 9.47 Å². The molecule has 4 heterocycles. The fourth-order valence-corrected chi connectivity index (χ4v) is 4.37. The molecule has 5 rings (SSSR count). The average molecular weight is 257 g/mol. The van der Waals surface area contributed by atoms with Crippen molar-refractivity contribution in [2.24, 2.45) is 5.41 Å². The van der Waals surface area contributed by atoms with Crippen LogP contribution in [0.3, 0.4) is 0 Å². The van der Waals surface area contributed by atoms with Gasteiger partial charge in [0.25, 0.3) is 0 Å². The van der Waals surface area contributed by atoms with Crippen molar-refractivity contribution in [3.05, 3.63) is 35.5 Å². The molecule has 1 saturated carbocycles. The minimum atomic E-state index is -0.254. The number of hydrogen-bond donors (Lipinski definition) is 0. The first-order valence-electron chi connectivity index (χ1n) is 7.54. The quantitative estimate of drug-likeness (QED) is 0.622. The lowest BCUT2D eigenvalue weighted by Gasteiger charge is -2.42. The van der Waals surface area contributed by atoms with Gasteiger partial charge in [-0.25, -0.2) is 0 Å². The van der Waals surface area contributed by atoms with E-state index in [0.29, 0.717) is 0 Å². The summed E-state index contributed by atoms with van der Waals surface area (Å²) in [7, 11) is 0. The molecule has 2 saturated heterocycles. The summed E-state index contributed by atoms with van der Waals surface area (Å²) in [5, 5.41) is 0. The maximum Gasteiger partial charge on any atom is 0.235 e. The largest absolute Gasteiger partial charge is 0.461 e. The van der Waals surface area contributed by atoms with Gasteiger partial charge in [-0.05, 0) is 37.7 Å². The molecule has 0 aromatic heterocycles. The second kappa shape index (κ2) is 3.26. The second-order valence-electron chi connectivity index (χ2n) is 6.53. The molecule has 0 N–H and O–H groups in total. The Kier molecular flexibility index (Phi) is 1.81. The Hall–Kier alpha value is -1.22. The average Bonchev–Trinajstić information content (AvgIpc) is 3.09. The molecule has 2 spiro atoms. The van der Waals surface area contributed by atoms with Crippen LogP contribution in [0.5, 0.6) is 0 Å². The molecular formula is C16H19NO2. The molecule has 2 atom stereocenters. The van der Waals surface area contributed by atoms with E-state index in [2.05, 4.69) is 23.4 Å². The van der Waals surface area contributed by atoms with Gasteiger partial charge in [0, 0.05) is 18.8 Å². The van der Waals surface area contributed by atoms with Crippen molar-refractivity contribution >= 4 is 0 Å². The fourth-order valence-electron chi connectivity index (χ4n) is 4.37. The second-order valence-corrected chi connectivity index (χ2v) is 6.53. The van der Waals surface area contributed by atoms with E-state index in [1.165, 1.54) is 37.1 Å². The highest BCUT2D eigenvalue weighted by Gasteiger charge is 2.65. The van der Waals surface area contributed by atoms with Crippen molar-refractivity contribution in [2.45, 2.75) is 50.7 Å². The number of rotatable bonds is 0. The third kappa shape index (κ3) is 1.27. The van der Waals surface area contributed by atoms with E-state index in [9.17, 15) is 0 Å². The molecule has 3 nitrogen and oxygen atoms in total. The number of allylic oxidation sites excluding steroid dienone is 3. The van der Waals surface area contributed by atoms with Gasteiger partial charge in [-0.2, -0.15) is 0 Å². The smallest absolute Gasteiger partial charge is 0.235 e. The van der Waals surface area contributed by atoms with E-state index < -0.39 is 0 Å². The fraction of sp³-hybridized carbons (Fsp3) is 0.625. The molecule has 2 unspecified atom stereocenters. The van der Waals surface area contributed by atoms with E-state index in [-0.39, 0.29) is 11.2 Å². The minimum absolute atomic E-state index is 0.186. The highest BCUT2D eigenvalue weighted by atomic mass is 16.8. The zero-order chi connectivity index (χ0) is 12.5. The molecule has 0 radical (unpaired) electrons. The lowest BCUT2D eigenvalue weighted by molar-refractivity contribution is 0.0332. The van der Waals surface area contributed by atoms with E-state index in [0.717, 1.165) is 25.9 Å². The van der Waals surface area contributed by atoms with Crippen LogP contribution in [0.25, 0.3) is 0 Å². The summed E-state index contributed by atoms with van der Waals surface area (Å²) in [6, 6.07) is 0. The Balaban J connectivity index is 1.70. The summed E-state index contributed by atoms with van der Waals surface area (Å²) < 4.78 is 12.0. The normalized spacial score (nSPS) is 42.5. The molecule has 0 amide bonds. The first-order valence-corrected chi connectivity index (χ1v) is 7.54. The van der Waals surface area contributed by atoms with Gasteiger partial charge in [0.2, 0.25) is 5.79 Å². The van der Waals surface area contributed by atoms with Gasteiger partial charge < -0.3 is 14.4 Å². The highest BCUT2D eigenvalue weighted by Crippen LogP contribution is 2.64. The van der Waals surface area contributed by atoms with Crippen LogP contribution >= 0.6 is 0 Å². The third-order valence-corrected chi connectivity index (χ3v) is 5.36. The van der Waals surface area contributed by atoms with Gasteiger partial charge in [-0.15, -0.1) is 0 Å². The maximum absolute atomic E-state index is 6.33. The maximum atomic E-state index is 6.33. The molecule has 0 aromatic rings. The number of hydrogen-bond acceptors (Lipinski definition) is 3. The Bertz CT molecular complexity index is 541. The number of fused-ring (bicyclic) bond motifs is 1. The van der Waals surface area contributed by atoms with Gasteiger partial charge in [0.05, 0.1) is 11.1 Å². The third-order valence-electron chi connectivity index (χ3n) is 5.36. The molecule has 5 aliphatic rings. The Morgan fingerprint density at radius 3 is 3.05 bits per heavy atom. The summed E-state index contributed by atoms with van der Waals surface area (Å²) in [4.78, 5) is 2.30. The van der Waals surface area contributed by atoms with Crippen LogP contribution in [0.2, 0.25) is 0 Å². The number of epoxide rings is 1. The van der Waals surface area contributed by atoms with Gasteiger partial charge in [-0.1, -0.05) is 12.5 Å². The molecular weight excluding hydrogens is 238 g/mol. The van der Waals surface area contributed by atoms with Crippen LogP contribution in [0.4, 0.5) is 0 Å². The SMILES string of the molecule is C1=CN2C=C3CCCCC34CC3(CO3)OC4=C2CC1. The predicted octanol–water partition coefficient (Wildman–Crippen LogP) is 3.41. The zero-order valence-electron chi connectivity index (χ0n) is 11.2. The van der Waals surface area contributed by atoms with Crippen molar-refractivity contribution in [2.75, 3.05) is 6.61 Å². The minimum Gasteiger partial charge on any atom is -0.461 e. The molecule has 100 valence electrons. The van der Waals surface area contributed by atoms with Gasteiger partial charge in [0.1, 0.15) is 12.4 Å². The lowest BCUT2D eigenvalue weighted by Crippen LogP contribution is -2.34. The Morgan fingerprint density at radius 1 is 1.21 bits per heavy atom. The first kappa shape index (κ1) is 10.6. The summed E-state index contributed by atoms with van der Waals surface area (Å²) >= 11 is 0. The van der Waals surface area contributed by atoms with Crippen molar-refractivity contribution in [1.82, 2.24) is 4.90 Å². The summed E-state index contributed by atoms with van der Waals surface area (Å²) in [6.07, 6.45) is 15.3. The van der Waals surface area contributed by atoms with Gasteiger partial charge >= 0.3 is 0 Å². The van der Waals surface area contributed by atoms with Crippen LogP contribution in [-0.4, -0.2) is 17.3 Å². The van der Waals surface area contributed by atoms with E-state index in [1.54, 1.807) is 5.57 Å². The lowest BCUT2D eigenvalue weighted by atomic mass is 9.65. The highest BCUT2D eigenvalue weighted by molar-refractivity contribution is 5.41. The molecule has 0 aromatic carbocycles. The van der Waals surface area contributed by atoms with Crippen molar-refractivity contribution < 1.29 is 9.47 Å². The Labute approximate surface area is 113 Å². The van der Waals surface area contributed by atoms with E-state index in [1.807, 2.05) is 0 Å². The number of nitrogens with zero attached hydrogens (tertiary/aromatic N) is 1. The Morgan fingerprint density at radius 2 is 2.16 bits per heavy atom. The zero-order valence-corrected chi connectivity index (χ0v) is 11.2. The van der Waals surface area contributed by atoms with Crippen LogP contribution in [0, 0.1) is 5.41 Å². The monoisotopic (exact) mass is 257 g/mol. The van der Waals surface area contributed by atoms with Crippen LogP contribution in [0.1, 0.15) is 44.9 Å². The van der Waals surface area contributed by atoms with E-state index >= 15 is 0 Å². The predicted molar refractivity (Wildman–Crippen MR) is 70.6 cm³/mol. The van der Waals surface area contributed by atoms with Crippen molar-refractivity contribution in [1.29, 1.82) is 0 Å². The molecule has 3 heteroatoms. The summed E-state index contributed by atoms with van der Waals surface area (Å²) in [5.41, 5.74) is 3.16. The standard InChI is InChI=1S/C16H19NO2/c1-3-7-15-10-16(11-18-16)19-14(15)13-6-2-4-8-17(13)9-12(15)5-1/h4,8-9H,1-3,5-7,10-11H2. The molecule has 0 bridgehead atoms. The van der Waals surface area contributed by atoms with Crippen molar-refractivity contribution in [3.63, 3.8) is 0 Å². The van der Waals surface area contributed by atoms with Crippen LogP contribution < -0.4 is 0 Å². The topological polar surface area (TPSA) is 25.0 Å². The van der Waals surface area contributed by atoms with E-state index in [4.69, 9.17) is 9.47 Å².